The van der Waals surface area contributed by atoms with Crippen molar-refractivity contribution in [3.8, 4) is 5.88 Å². The molecular formula is C8H13N5O6. The molecule has 2 heterocycles. The average Bonchev–Trinajstić information content (AvgIpc) is 2.83. The van der Waals surface area contributed by atoms with Gasteiger partial charge in [0.2, 0.25) is 0 Å². The molecule has 11 heteroatoms. The minimum Gasteiger partial charge on any atom is -0.394 e. The number of hydrogen-bond donors (Lipinski definition) is 5. The number of aliphatic hydroxyl groups is 3. The second-order valence-corrected chi connectivity index (χ2v) is 3.87. The number of nitrogens with two attached hydrogens (primary N) is 2. The molecule has 0 bridgehead atoms. The van der Waals surface area contributed by atoms with Gasteiger partial charge in [-0.05, 0) is 0 Å². The standard InChI is InChI=1S/C8H13N5O6/c9-5-6(19-8(10)17)11-12-13(5)7-4(16)3(15)2(1-14)18-7/h2-4,7,14-16H,1,9H2,(H2,10,17)/t2-,3-,4-,7-/m1/s1. The van der Waals surface area contributed by atoms with Crippen molar-refractivity contribution in [2.75, 3.05) is 12.3 Å². The molecule has 0 aromatic carbocycles. The summed E-state index contributed by atoms with van der Waals surface area (Å²) < 4.78 is 10.6. The maximum absolute atomic E-state index is 10.6. The van der Waals surface area contributed by atoms with E-state index in [1.807, 2.05) is 0 Å². The third kappa shape index (κ3) is 2.31. The van der Waals surface area contributed by atoms with Crippen LogP contribution in [-0.2, 0) is 4.74 Å². The quantitative estimate of drug-likeness (QED) is 0.382. The van der Waals surface area contributed by atoms with Gasteiger partial charge in [-0.1, -0.05) is 10.3 Å². The zero-order valence-corrected chi connectivity index (χ0v) is 9.58. The van der Waals surface area contributed by atoms with Gasteiger partial charge in [0.1, 0.15) is 18.3 Å². The normalized spacial score (nSPS) is 30.5. The van der Waals surface area contributed by atoms with Gasteiger partial charge < -0.3 is 36.3 Å². The predicted octanol–water partition coefficient (Wildman–Crippen LogP) is -3.07. The van der Waals surface area contributed by atoms with Crippen LogP contribution in [0.1, 0.15) is 6.23 Å². The number of nitrogens with zero attached hydrogens (tertiary/aromatic N) is 3. The van der Waals surface area contributed by atoms with Gasteiger partial charge in [-0.2, -0.15) is 4.68 Å². The number of anilines is 1. The van der Waals surface area contributed by atoms with E-state index >= 15 is 0 Å². The van der Waals surface area contributed by atoms with Gasteiger partial charge in [0.15, 0.2) is 12.0 Å². The molecule has 1 fully saturated rings. The first-order valence-electron chi connectivity index (χ1n) is 5.26. The van der Waals surface area contributed by atoms with E-state index in [4.69, 9.17) is 21.3 Å². The van der Waals surface area contributed by atoms with Gasteiger partial charge in [0.05, 0.1) is 6.61 Å². The van der Waals surface area contributed by atoms with Crippen molar-refractivity contribution in [1.82, 2.24) is 15.0 Å². The van der Waals surface area contributed by atoms with Crippen LogP contribution >= 0.6 is 0 Å². The second-order valence-electron chi connectivity index (χ2n) is 3.87. The Morgan fingerprint density at radius 1 is 1.47 bits per heavy atom. The summed E-state index contributed by atoms with van der Waals surface area (Å²) in [6.45, 7) is -0.492. The van der Waals surface area contributed by atoms with Crippen LogP contribution < -0.4 is 16.2 Å². The van der Waals surface area contributed by atoms with Crippen molar-refractivity contribution in [2.24, 2.45) is 5.73 Å². The van der Waals surface area contributed by atoms with Crippen LogP contribution in [0.2, 0.25) is 0 Å². The second kappa shape index (κ2) is 4.97. The van der Waals surface area contributed by atoms with E-state index in [9.17, 15) is 15.0 Å². The fourth-order valence-electron chi connectivity index (χ4n) is 1.72. The van der Waals surface area contributed by atoms with Gasteiger partial charge in [-0.3, -0.25) is 0 Å². The molecule has 1 aromatic heterocycles. The largest absolute Gasteiger partial charge is 0.411 e. The Hall–Kier alpha value is -1.95. The number of nitrogen functional groups attached to an aromatic ring is 1. The van der Waals surface area contributed by atoms with Crippen LogP contribution in [0.4, 0.5) is 10.6 Å². The SMILES string of the molecule is NC(=O)Oc1nnn([C@@H]2O[C@H](CO)[C@@H](O)[C@H]2O)c1N. The monoisotopic (exact) mass is 275 g/mol. The Bertz CT molecular complexity index is 478. The zero-order chi connectivity index (χ0) is 14.2. The van der Waals surface area contributed by atoms with Crippen molar-refractivity contribution in [2.45, 2.75) is 24.5 Å². The Morgan fingerprint density at radius 2 is 2.16 bits per heavy atom. The van der Waals surface area contributed by atoms with Crippen LogP contribution in [0.3, 0.4) is 0 Å². The van der Waals surface area contributed by atoms with E-state index in [1.165, 1.54) is 0 Å². The molecule has 4 atom stereocenters. The van der Waals surface area contributed by atoms with Gasteiger partial charge in [0, 0.05) is 0 Å². The minimum absolute atomic E-state index is 0.214. The lowest BCUT2D eigenvalue weighted by molar-refractivity contribution is -0.0582. The molecule has 1 saturated heterocycles. The lowest BCUT2D eigenvalue weighted by Gasteiger charge is -2.15. The number of carbonyl (C=O) groups excluding carboxylic acids is 1. The Balaban J connectivity index is 2.23. The number of primary amides is 1. The maximum atomic E-state index is 10.6. The molecule has 106 valence electrons. The van der Waals surface area contributed by atoms with Gasteiger partial charge >= 0.3 is 6.09 Å². The molecule has 0 saturated carbocycles. The highest BCUT2D eigenvalue weighted by atomic mass is 16.6. The molecule has 11 nitrogen and oxygen atoms in total. The van der Waals surface area contributed by atoms with E-state index in [0.29, 0.717) is 0 Å². The summed E-state index contributed by atoms with van der Waals surface area (Å²) in [6.07, 6.45) is -5.95. The molecule has 0 radical (unpaired) electrons. The summed E-state index contributed by atoms with van der Waals surface area (Å²) in [5, 5.41) is 35.3. The summed E-state index contributed by atoms with van der Waals surface area (Å²) in [7, 11) is 0. The van der Waals surface area contributed by atoms with Crippen molar-refractivity contribution in [3.63, 3.8) is 0 Å². The molecular weight excluding hydrogens is 262 g/mol. The molecule has 0 aliphatic carbocycles. The molecule has 1 aliphatic rings. The van der Waals surface area contributed by atoms with E-state index < -0.39 is 37.2 Å². The highest BCUT2D eigenvalue weighted by molar-refractivity contribution is 5.69. The van der Waals surface area contributed by atoms with Gasteiger partial charge in [-0.25, -0.2) is 4.79 Å². The summed E-state index contributed by atoms with van der Waals surface area (Å²) >= 11 is 0. The minimum atomic E-state index is -1.37. The third-order valence-corrected chi connectivity index (χ3v) is 2.65. The Morgan fingerprint density at radius 3 is 2.68 bits per heavy atom. The molecule has 0 unspecified atom stereocenters. The van der Waals surface area contributed by atoms with Crippen molar-refractivity contribution in [3.05, 3.63) is 0 Å². The highest BCUT2D eigenvalue weighted by Gasteiger charge is 2.45. The topological polar surface area (TPSA) is 179 Å². The molecule has 19 heavy (non-hydrogen) atoms. The van der Waals surface area contributed by atoms with Crippen LogP contribution in [0.25, 0.3) is 0 Å². The van der Waals surface area contributed by atoms with E-state index in [0.717, 1.165) is 4.68 Å². The number of amides is 1. The first kappa shape index (κ1) is 13.5. The van der Waals surface area contributed by atoms with Crippen molar-refractivity contribution >= 4 is 11.9 Å². The number of aromatic nitrogens is 3. The van der Waals surface area contributed by atoms with E-state index in [1.54, 1.807) is 0 Å². The van der Waals surface area contributed by atoms with Crippen LogP contribution in [0.15, 0.2) is 0 Å². The zero-order valence-electron chi connectivity index (χ0n) is 9.58. The predicted molar refractivity (Wildman–Crippen MR) is 57.7 cm³/mol. The summed E-state index contributed by atoms with van der Waals surface area (Å²) in [6, 6.07) is 0. The summed E-state index contributed by atoms with van der Waals surface area (Å²) in [5.74, 6) is -0.557. The Kier molecular flexibility index (Phi) is 3.53. The van der Waals surface area contributed by atoms with Crippen molar-refractivity contribution in [1.29, 1.82) is 0 Å². The van der Waals surface area contributed by atoms with E-state index in [2.05, 4.69) is 15.0 Å². The Labute approximate surface area is 106 Å². The molecule has 7 N–H and O–H groups in total. The smallest absolute Gasteiger partial charge is 0.394 e. The first-order valence-corrected chi connectivity index (χ1v) is 5.26. The molecule has 1 aliphatic heterocycles. The molecule has 0 spiro atoms. The number of carbonyl (C=O) groups is 1. The van der Waals surface area contributed by atoms with Crippen molar-refractivity contribution < 1.29 is 29.6 Å². The summed E-state index contributed by atoms with van der Waals surface area (Å²) in [4.78, 5) is 10.6. The highest BCUT2D eigenvalue weighted by Crippen LogP contribution is 2.32. The lowest BCUT2D eigenvalue weighted by atomic mass is 10.1. The summed E-state index contributed by atoms with van der Waals surface area (Å²) in [5.41, 5.74) is 10.4. The molecule has 1 aromatic rings. The number of ether oxygens (including phenoxy) is 2. The average molecular weight is 275 g/mol. The van der Waals surface area contributed by atoms with Crippen LogP contribution in [-0.4, -0.2) is 61.3 Å². The first-order chi connectivity index (χ1) is 8.95. The fourth-order valence-corrected chi connectivity index (χ4v) is 1.72. The lowest BCUT2D eigenvalue weighted by Crippen LogP contribution is -2.33. The number of aliphatic hydroxyl groups excluding tert-OH is 3. The van der Waals surface area contributed by atoms with Crippen LogP contribution in [0.5, 0.6) is 5.88 Å². The number of hydrogen-bond acceptors (Lipinski definition) is 9. The van der Waals surface area contributed by atoms with Gasteiger partial charge in [0.25, 0.3) is 5.88 Å². The fraction of sp³-hybridized carbons (Fsp3) is 0.625. The molecule has 1 amide bonds. The van der Waals surface area contributed by atoms with Crippen LogP contribution in [0, 0.1) is 0 Å². The van der Waals surface area contributed by atoms with Gasteiger partial charge in [-0.15, -0.1) is 0 Å². The number of rotatable bonds is 3. The third-order valence-electron chi connectivity index (χ3n) is 2.65. The maximum Gasteiger partial charge on any atom is 0.411 e. The van der Waals surface area contributed by atoms with E-state index in [-0.39, 0.29) is 11.7 Å². The molecule has 2 rings (SSSR count).